The van der Waals surface area contributed by atoms with Crippen LogP contribution < -0.4 is 10.1 Å². The normalized spacial score (nSPS) is 10.2. The zero-order chi connectivity index (χ0) is 14.7. The van der Waals surface area contributed by atoms with Crippen LogP contribution in [0.1, 0.15) is 10.4 Å². The molecule has 1 aromatic heterocycles. The molecule has 1 amide bonds. The Hall–Kier alpha value is -2.02. The number of methoxy groups -OCH3 is 1. The van der Waals surface area contributed by atoms with Crippen molar-refractivity contribution in [3.8, 4) is 5.88 Å². The van der Waals surface area contributed by atoms with Gasteiger partial charge in [-0.1, -0.05) is 15.9 Å². The highest BCUT2D eigenvalue weighted by Gasteiger charge is 2.17. The van der Waals surface area contributed by atoms with E-state index in [9.17, 15) is 13.6 Å². The summed E-state index contributed by atoms with van der Waals surface area (Å²) in [5, 5.41) is 2.17. The first-order valence-electron chi connectivity index (χ1n) is 5.48. The molecule has 7 heteroatoms. The summed E-state index contributed by atoms with van der Waals surface area (Å²) >= 11 is 2.96. The molecule has 1 N–H and O–H groups in total. The number of hydrogen-bond donors (Lipinski definition) is 1. The molecule has 0 atom stereocenters. The lowest BCUT2D eigenvalue weighted by molar-refractivity contribution is 0.102. The predicted molar refractivity (Wildman–Crippen MR) is 72.8 cm³/mol. The van der Waals surface area contributed by atoms with Gasteiger partial charge >= 0.3 is 0 Å². The summed E-state index contributed by atoms with van der Waals surface area (Å²) in [6.45, 7) is 0. The molecule has 0 aliphatic rings. The van der Waals surface area contributed by atoms with Crippen LogP contribution in [0.15, 0.2) is 34.9 Å². The highest BCUT2D eigenvalue weighted by Crippen LogP contribution is 2.25. The van der Waals surface area contributed by atoms with Crippen LogP contribution in [0, 0.1) is 11.6 Å². The number of pyridine rings is 1. The van der Waals surface area contributed by atoms with E-state index in [4.69, 9.17) is 4.74 Å². The second-order valence-corrected chi connectivity index (χ2v) is 4.67. The highest BCUT2D eigenvalue weighted by atomic mass is 79.9. The van der Waals surface area contributed by atoms with Crippen molar-refractivity contribution < 1.29 is 18.3 Å². The van der Waals surface area contributed by atoms with Crippen LogP contribution in [-0.2, 0) is 0 Å². The van der Waals surface area contributed by atoms with Crippen LogP contribution in [0.4, 0.5) is 14.5 Å². The average molecular weight is 343 g/mol. The molecule has 2 rings (SSSR count). The number of carbonyl (C=O) groups excluding carboxylic acids is 1. The van der Waals surface area contributed by atoms with Crippen molar-refractivity contribution in [1.82, 2.24) is 4.98 Å². The molecule has 2 aromatic rings. The van der Waals surface area contributed by atoms with Crippen LogP contribution in [0.5, 0.6) is 5.88 Å². The number of ether oxygens (including phenoxy) is 1. The Labute approximate surface area is 121 Å². The number of benzene rings is 1. The van der Waals surface area contributed by atoms with Crippen LogP contribution in [0.25, 0.3) is 0 Å². The average Bonchev–Trinajstić information content (AvgIpc) is 2.42. The van der Waals surface area contributed by atoms with E-state index in [0.717, 1.165) is 12.1 Å². The fourth-order valence-corrected chi connectivity index (χ4v) is 1.97. The van der Waals surface area contributed by atoms with Crippen LogP contribution in [-0.4, -0.2) is 18.0 Å². The molecule has 104 valence electrons. The lowest BCUT2D eigenvalue weighted by Gasteiger charge is -2.10. The topological polar surface area (TPSA) is 51.2 Å². The van der Waals surface area contributed by atoms with Gasteiger partial charge in [0.1, 0.15) is 11.3 Å². The number of hydrogen-bond acceptors (Lipinski definition) is 3. The summed E-state index contributed by atoms with van der Waals surface area (Å²) < 4.78 is 32.4. The molecular formula is C13H9BrF2N2O2. The minimum atomic E-state index is -0.881. The van der Waals surface area contributed by atoms with E-state index in [1.165, 1.54) is 25.4 Å². The van der Waals surface area contributed by atoms with Crippen LogP contribution in [0.2, 0.25) is 0 Å². The van der Waals surface area contributed by atoms with Crippen molar-refractivity contribution in [2.45, 2.75) is 0 Å². The Kier molecular flexibility index (Phi) is 4.29. The van der Waals surface area contributed by atoms with Gasteiger partial charge in [0.05, 0.1) is 7.11 Å². The van der Waals surface area contributed by atoms with E-state index >= 15 is 0 Å². The molecule has 0 bridgehead atoms. The Morgan fingerprint density at radius 3 is 2.60 bits per heavy atom. The predicted octanol–water partition coefficient (Wildman–Crippen LogP) is 3.38. The fraction of sp³-hybridized carbons (Fsp3) is 0.0769. The van der Waals surface area contributed by atoms with Gasteiger partial charge in [-0.25, -0.2) is 13.8 Å². The molecule has 0 aliphatic heterocycles. The fourth-order valence-electron chi connectivity index (χ4n) is 1.57. The third-order valence-corrected chi connectivity index (χ3v) is 2.91. The maximum absolute atomic E-state index is 13.6. The van der Waals surface area contributed by atoms with Crippen molar-refractivity contribution in [1.29, 1.82) is 0 Å². The Morgan fingerprint density at radius 2 is 2.00 bits per heavy atom. The van der Waals surface area contributed by atoms with E-state index in [2.05, 4.69) is 26.2 Å². The van der Waals surface area contributed by atoms with Gasteiger partial charge in [-0.05, 0) is 24.3 Å². The van der Waals surface area contributed by atoms with E-state index in [1.807, 2.05) is 0 Å². The first-order chi connectivity index (χ1) is 9.52. The quantitative estimate of drug-likeness (QED) is 0.930. The van der Waals surface area contributed by atoms with Crippen LogP contribution >= 0.6 is 15.9 Å². The van der Waals surface area contributed by atoms with E-state index in [1.54, 1.807) is 0 Å². The minimum absolute atomic E-state index is 0.0722. The van der Waals surface area contributed by atoms with Crippen molar-refractivity contribution in [2.24, 2.45) is 0 Å². The van der Waals surface area contributed by atoms with Gasteiger partial charge in [0, 0.05) is 10.7 Å². The molecule has 0 radical (unpaired) electrons. The standard InChI is InChI=1S/C13H9BrF2N2O2/c1-20-13-8(3-2-4-17-13)12(19)18-11-9(15)5-7(14)6-10(11)16/h2-6H,1H3,(H,18,19). The number of nitrogens with zero attached hydrogens (tertiary/aromatic N) is 1. The van der Waals surface area contributed by atoms with E-state index < -0.39 is 23.2 Å². The van der Waals surface area contributed by atoms with Gasteiger partial charge < -0.3 is 10.1 Å². The van der Waals surface area contributed by atoms with E-state index in [0.29, 0.717) is 0 Å². The highest BCUT2D eigenvalue weighted by molar-refractivity contribution is 9.10. The second-order valence-electron chi connectivity index (χ2n) is 3.76. The summed E-state index contributed by atoms with van der Waals surface area (Å²) in [5.74, 6) is -2.40. The zero-order valence-electron chi connectivity index (χ0n) is 10.3. The van der Waals surface area contributed by atoms with E-state index in [-0.39, 0.29) is 15.9 Å². The first-order valence-corrected chi connectivity index (χ1v) is 6.27. The van der Waals surface area contributed by atoms with Gasteiger partial charge in [0.2, 0.25) is 5.88 Å². The third kappa shape index (κ3) is 2.93. The summed E-state index contributed by atoms with van der Waals surface area (Å²) in [4.78, 5) is 15.8. The van der Waals surface area contributed by atoms with Gasteiger partial charge in [-0.2, -0.15) is 0 Å². The Bertz CT molecular complexity index is 642. The monoisotopic (exact) mass is 342 g/mol. The number of carbonyl (C=O) groups is 1. The number of halogens is 3. The Balaban J connectivity index is 2.33. The summed E-state index contributed by atoms with van der Waals surface area (Å²) in [5.41, 5.74) is -0.444. The molecule has 0 aliphatic carbocycles. The van der Waals surface area contributed by atoms with Gasteiger partial charge in [-0.3, -0.25) is 4.79 Å². The van der Waals surface area contributed by atoms with Crippen molar-refractivity contribution in [2.75, 3.05) is 12.4 Å². The number of anilines is 1. The molecule has 20 heavy (non-hydrogen) atoms. The van der Waals surface area contributed by atoms with Gasteiger partial charge in [-0.15, -0.1) is 0 Å². The number of aromatic nitrogens is 1. The second kappa shape index (κ2) is 5.96. The van der Waals surface area contributed by atoms with Gasteiger partial charge in [0.15, 0.2) is 11.6 Å². The number of amides is 1. The molecule has 0 unspecified atom stereocenters. The lowest BCUT2D eigenvalue weighted by Crippen LogP contribution is -2.15. The SMILES string of the molecule is COc1ncccc1C(=O)Nc1c(F)cc(Br)cc1F. The Morgan fingerprint density at radius 1 is 1.35 bits per heavy atom. The summed E-state index contributed by atoms with van der Waals surface area (Å²) in [6.07, 6.45) is 1.44. The van der Waals surface area contributed by atoms with Crippen molar-refractivity contribution in [3.63, 3.8) is 0 Å². The molecule has 1 heterocycles. The number of nitrogens with one attached hydrogen (secondary N) is 1. The minimum Gasteiger partial charge on any atom is -0.480 e. The molecule has 1 aromatic carbocycles. The molecule has 0 saturated heterocycles. The number of rotatable bonds is 3. The molecule has 4 nitrogen and oxygen atoms in total. The molecule has 0 spiro atoms. The van der Waals surface area contributed by atoms with Crippen molar-refractivity contribution >= 4 is 27.5 Å². The maximum atomic E-state index is 13.6. The van der Waals surface area contributed by atoms with Gasteiger partial charge in [0.25, 0.3) is 5.91 Å². The largest absolute Gasteiger partial charge is 0.480 e. The van der Waals surface area contributed by atoms with Crippen LogP contribution in [0.3, 0.4) is 0 Å². The summed E-state index contributed by atoms with van der Waals surface area (Å²) in [7, 11) is 1.35. The first kappa shape index (κ1) is 14.4. The smallest absolute Gasteiger partial charge is 0.261 e. The summed E-state index contributed by atoms with van der Waals surface area (Å²) in [6, 6.07) is 5.07. The molecule has 0 saturated carbocycles. The molecule has 0 fully saturated rings. The zero-order valence-corrected chi connectivity index (χ0v) is 11.9. The maximum Gasteiger partial charge on any atom is 0.261 e. The molecular weight excluding hydrogens is 334 g/mol. The van der Waals surface area contributed by atoms with Crippen molar-refractivity contribution in [3.05, 3.63) is 52.1 Å². The third-order valence-electron chi connectivity index (χ3n) is 2.45. The lowest BCUT2D eigenvalue weighted by atomic mass is 10.2.